The maximum absolute atomic E-state index is 11.4. The molecule has 3 aromatic carbocycles. The van der Waals surface area contributed by atoms with Gasteiger partial charge in [-0.1, -0.05) is 68.4 Å². The standard InChI is InChI=1S/C25H23N3O3/c1-16(2)17-8-10-19(11-9-17)25-27-23(15-22(26-27)18-6-4-3-5-7-18)21-14-20(28(29)30)12-13-24(21)31-25/h3-14,16,23,25H,15H2,1-2H3. The maximum Gasteiger partial charge on any atom is 0.270 e. The molecule has 0 amide bonds. The Morgan fingerprint density at radius 3 is 2.48 bits per heavy atom. The minimum Gasteiger partial charge on any atom is -0.464 e. The molecule has 6 nitrogen and oxygen atoms in total. The van der Waals surface area contributed by atoms with Crippen molar-refractivity contribution < 1.29 is 9.66 Å². The molecule has 0 fully saturated rings. The van der Waals surface area contributed by atoms with Crippen molar-refractivity contribution in [3.8, 4) is 5.75 Å². The quantitative estimate of drug-likeness (QED) is 0.391. The third kappa shape index (κ3) is 3.44. The van der Waals surface area contributed by atoms with E-state index in [1.54, 1.807) is 12.1 Å². The van der Waals surface area contributed by atoms with E-state index in [1.165, 1.54) is 11.6 Å². The van der Waals surface area contributed by atoms with Gasteiger partial charge in [0, 0.05) is 29.7 Å². The van der Waals surface area contributed by atoms with Gasteiger partial charge < -0.3 is 4.74 Å². The summed E-state index contributed by atoms with van der Waals surface area (Å²) in [4.78, 5) is 11.0. The molecular weight excluding hydrogens is 390 g/mol. The molecule has 0 aromatic heterocycles. The lowest BCUT2D eigenvalue weighted by molar-refractivity contribution is -0.385. The summed E-state index contributed by atoms with van der Waals surface area (Å²) in [6.07, 6.45) is 0.281. The van der Waals surface area contributed by atoms with Crippen molar-refractivity contribution in [1.29, 1.82) is 0 Å². The number of nitro groups is 1. The number of nitrogens with zero attached hydrogens (tertiary/aromatic N) is 3. The van der Waals surface area contributed by atoms with Crippen LogP contribution in [0.3, 0.4) is 0 Å². The first-order valence-corrected chi connectivity index (χ1v) is 10.5. The van der Waals surface area contributed by atoms with Crippen LogP contribution >= 0.6 is 0 Å². The first-order valence-electron chi connectivity index (χ1n) is 10.5. The molecule has 0 saturated carbocycles. The fraction of sp³-hybridized carbons (Fsp3) is 0.240. The molecule has 3 aromatic rings. The van der Waals surface area contributed by atoms with E-state index in [2.05, 4.69) is 38.1 Å². The molecule has 2 aliphatic heterocycles. The topological polar surface area (TPSA) is 68.0 Å². The predicted octanol–water partition coefficient (Wildman–Crippen LogP) is 5.96. The Labute approximate surface area is 180 Å². The van der Waals surface area contributed by atoms with E-state index in [9.17, 15) is 10.1 Å². The lowest BCUT2D eigenvalue weighted by atomic mass is 9.95. The average Bonchev–Trinajstić information content (AvgIpc) is 3.24. The molecule has 2 heterocycles. The van der Waals surface area contributed by atoms with Crippen LogP contribution in [0.1, 0.15) is 60.7 Å². The summed E-state index contributed by atoms with van der Waals surface area (Å²) in [6.45, 7) is 4.34. The van der Waals surface area contributed by atoms with Crippen LogP contribution in [0.25, 0.3) is 0 Å². The van der Waals surface area contributed by atoms with Crippen LogP contribution < -0.4 is 4.74 Å². The van der Waals surface area contributed by atoms with Crippen molar-refractivity contribution in [1.82, 2.24) is 5.01 Å². The second kappa shape index (κ2) is 7.54. The number of hydrogen-bond donors (Lipinski definition) is 0. The Kier molecular flexibility index (Phi) is 4.70. The van der Waals surface area contributed by atoms with Gasteiger partial charge in [-0.3, -0.25) is 10.1 Å². The van der Waals surface area contributed by atoms with Gasteiger partial charge in [-0.2, -0.15) is 5.10 Å². The van der Waals surface area contributed by atoms with Gasteiger partial charge in [0.2, 0.25) is 6.23 Å². The van der Waals surface area contributed by atoms with Crippen molar-refractivity contribution in [2.75, 3.05) is 0 Å². The second-order valence-corrected chi connectivity index (χ2v) is 8.28. The lowest BCUT2D eigenvalue weighted by Crippen LogP contribution is -2.33. The van der Waals surface area contributed by atoms with Crippen LogP contribution in [0.2, 0.25) is 0 Å². The molecule has 0 saturated heterocycles. The van der Waals surface area contributed by atoms with Crippen molar-refractivity contribution in [2.45, 2.75) is 38.5 Å². The molecule has 0 bridgehead atoms. The molecular formula is C25H23N3O3. The fourth-order valence-electron chi connectivity index (χ4n) is 4.26. The zero-order valence-electron chi connectivity index (χ0n) is 17.4. The zero-order chi connectivity index (χ0) is 21.5. The van der Waals surface area contributed by atoms with Crippen molar-refractivity contribution in [3.63, 3.8) is 0 Å². The van der Waals surface area contributed by atoms with E-state index in [0.717, 1.165) is 22.4 Å². The zero-order valence-corrected chi connectivity index (χ0v) is 17.4. The SMILES string of the molecule is CC(C)c1ccc(C2Oc3ccc([N+](=O)[O-])cc3C3CC(c4ccccc4)=NN32)cc1. The predicted molar refractivity (Wildman–Crippen MR) is 119 cm³/mol. The Balaban J connectivity index is 1.58. The van der Waals surface area contributed by atoms with Crippen molar-refractivity contribution in [3.05, 3.63) is 105 Å². The third-order valence-electron chi connectivity index (χ3n) is 5.98. The number of benzene rings is 3. The van der Waals surface area contributed by atoms with E-state index in [-0.39, 0.29) is 22.9 Å². The Morgan fingerprint density at radius 2 is 1.81 bits per heavy atom. The number of hydrazone groups is 1. The highest BCUT2D eigenvalue weighted by Gasteiger charge is 2.41. The Hall–Kier alpha value is -3.67. The highest BCUT2D eigenvalue weighted by atomic mass is 16.6. The molecule has 2 unspecified atom stereocenters. The Bertz CT molecular complexity index is 1160. The maximum atomic E-state index is 11.4. The number of non-ortho nitro benzene ring substituents is 1. The van der Waals surface area contributed by atoms with Gasteiger partial charge in [-0.15, -0.1) is 0 Å². The number of nitro benzene ring substituents is 1. The molecule has 156 valence electrons. The van der Waals surface area contributed by atoms with Gasteiger partial charge in [0.1, 0.15) is 5.75 Å². The summed E-state index contributed by atoms with van der Waals surface area (Å²) in [5, 5.41) is 18.2. The number of hydrogen-bond acceptors (Lipinski definition) is 5. The van der Waals surface area contributed by atoms with Gasteiger partial charge in [0.15, 0.2) is 0 Å². The highest BCUT2D eigenvalue weighted by Crippen LogP contribution is 2.48. The molecule has 0 aliphatic carbocycles. The summed E-state index contributed by atoms with van der Waals surface area (Å²) in [5.74, 6) is 1.12. The van der Waals surface area contributed by atoms with Gasteiger partial charge in [0.05, 0.1) is 16.7 Å². The first kappa shape index (κ1) is 19.3. The minimum atomic E-state index is -0.388. The van der Waals surface area contributed by atoms with E-state index >= 15 is 0 Å². The summed E-state index contributed by atoms with van der Waals surface area (Å²) >= 11 is 0. The van der Waals surface area contributed by atoms with E-state index in [0.29, 0.717) is 18.1 Å². The molecule has 0 spiro atoms. The normalized spacial score (nSPS) is 19.5. The minimum absolute atomic E-state index is 0.0650. The van der Waals surface area contributed by atoms with Crippen LogP contribution in [-0.2, 0) is 0 Å². The Morgan fingerprint density at radius 1 is 1.06 bits per heavy atom. The number of fused-ring (bicyclic) bond motifs is 3. The van der Waals surface area contributed by atoms with Crippen molar-refractivity contribution in [2.24, 2.45) is 5.10 Å². The molecule has 2 aliphatic rings. The molecule has 6 heteroatoms. The van der Waals surface area contributed by atoms with E-state index in [1.807, 2.05) is 35.3 Å². The molecule has 5 rings (SSSR count). The summed E-state index contributed by atoms with van der Waals surface area (Å²) in [7, 11) is 0. The van der Waals surface area contributed by atoms with Crippen LogP contribution in [0.15, 0.2) is 77.9 Å². The highest BCUT2D eigenvalue weighted by molar-refractivity contribution is 6.01. The smallest absolute Gasteiger partial charge is 0.270 e. The van der Waals surface area contributed by atoms with E-state index < -0.39 is 0 Å². The third-order valence-corrected chi connectivity index (χ3v) is 5.98. The summed E-state index contributed by atoms with van der Waals surface area (Å²) < 4.78 is 6.35. The number of ether oxygens (including phenoxy) is 1. The molecule has 0 N–H and O–H groups in total. The van der Waals surface area contributed by atoms with Crippen LogP contribution in [0.5, 0.6) is 5.75 Å². The van der Waals surface area contributed by atoms with Crippen LogP contribution in [0, 0.1) is 10.1 Å². The van der Waals surface area contributed by atoms with Gasteiger partial charge in [0.25, 0.3) is 5.69 Å². The largest absolute Gasteiger partial charge is 0.464 e. The first-order chi connectivity index (χ1) is 15.0. The van der Waals surface area contributed by atoms with E-state index in [4.69, 9.17) is 9.84 Å². The van der Waals surface area contributed by atoms with Gasteiger partial charge in [-0.25, -0.2) is 5.01 Å². The monoisotopic (exact) mass is 413 g/mol. The molecule has 2 atom stereocenters. The fourth-order valence-corrected chi connectivity index (χ4v) is 4.26. The van der Waals surface area contributed by atoms with Gasteiger partial charge >= 0.3 is 0 Å². The van der Waals surface area contributed by atoms with Crippen molar-refractivity contribution >= 4 is 11.4 Å². The van der Waals surface area contributed by atoms with Crippen LogP contribution in [-0.4, -0.2) is 15.6 Å². The molecule has 0 radical (unpaired) electrons. The van der Waals surface area contributed by atoms with Crippen LogP contribution in [0.4, 0.5) is 5.69 Å². The number of rotatable bonds is 4. The van der Waals surface area contributed by atoms with Gasteiger partial charge in [-0.05, 0) is 23.1 Å². The molecule has 31 heavy (non-hydrogen) atoms. The second-order valence-electron chi connectivity index (χ2n) is 8.28. The summed E-state index contributed by atoms with van der Waals surface area (Å²) in [5.41, 5.74) is 5.16. The summed E-state index contributed by atoms with van der Waals surface area (Å²) in [6, 6.07) is 23.2. The lowest BCUT2D eigenvalue weighted by Gasteiger charge is -2.38. The average molecular weight is 413 g/mol.